The second kappa shape index (κ2) is 7.04. The molecular formula is C18H19N5O. The summed E-state index contributed by atoms with van der Waals surface area (Å²) in [5.74, 6) is 0.972. The smallest absolute Gasteiger partial charge is 0.274 e. The minimum atomic E-state index is -0.191. The predicted octanol–water partition coefficient (Wildman–Crippen LogP) is 3.01. The topological polar surface area (TPSA) is 75.4 Å². The van der Waals surface area contributed by atoms with E-state index in [9.17, 15) is 4.79 Å². The lowest BCUT2D eigenvalue weighted by molar-refractivity contribution is 0.869. The summed E-state index contributed by atoms with van der Waals surface area (Å²) < 4.78 is 1.35. The molecule has 0 unspecified atom stereocenters. The van der Waals surface area contributed by atoms with Crippen molar-refractivity contribution in [3.05, 3.63) is 64.6 Å². The Hall–Kier alpha value is -3.02. The van der Waals surface area contributed by atoms with Gasteiger partial charge in [0.05, 0.1) is 12.2 Å². The van der Waals surface area contributed by atoms with Crippen LogP contribution in [0.25, 0.3) is 17.2 Å². The van der Waals surface area contributed by atoms with E-state index in [1.807, 2.05) is 56.3 Å². The van der Waals surface area contributed by atoms with Gasteiger partial charge in [-0.05, 0) is 19.4 Å². The summed E-state index contributed by atoms with van der Waals surface area (Å²) in [6.45, 7) is 4.37. The summed E-state index contributed by atoms with van der Waals surface area (Å²) in [6, 6.07) is 11.1. The first-order chi connectivity index (χ1) is 11.7. The third-order valence-electron chi connectivity index (χ3n) is 3.60. The Morgan fingerprint density at radius 2 is 2.08 bits per heavy atom. The number of rotatable bonds is 5. The zero-order valence-electron chi connectivity index (χ0n) is 13.7. The molecule has 0 atom stereocenters. The van der Waals surface area contributed by atoms with E-state index in [1.54, 1.807) is 0 Å². The van der Waals surface area contributed by atoms with Gasteiger partial charge in [-0.1, -0.05) is 43.3 Å². The van der Waals surface area contributed by atoms with Gasteiger partial charge in [-0.15, -0.1) is 0 Å². The molecule has 0 spiro atoms. The predicted molar refractivity (Wildman–Crippen MR) is 95.3 cm³/mol. The number of hydrogen-bond donors (Lipinski definition) is 1. The molecule has 24 heavy (non-hydrogen) atoms. The van der Waals surface area contributed by atoms with Gasteiger partial charge >= 0.3 is 0 Å². The normalized spacial score (nSPS) is 12.3. The number of fused-ring (bicyclic) bond motifs is 1. The van der Waals surface area contributed by atoms with Crippen molar-refractivity contribution < 1.29 is 0 Å². The van der Waals surface area contributed by atoms with Crippen LogP contribution in [0.15, 0.2) is 58.3 Å². The summed E-state index contributed by atoms with van der Waals surface area (Å²) in [4.78, 5) is 25.6. The van der Waals surface area contributed by atoms with Crippen LogP contribution in [0.5, 0.6) is 0 Å². The fraction of sp³-hybridized carbons (Fsp3) is 0.222. The monoisotopic (exact) mass is 321 g/mol. The van der Waals surface area contributed by atoms with Gasteiger partial charge < -0.3 is 0 Å². The van der Waals surface area contributed by atoms with Gasteiger partial charge in [0.1, 0.15) is 0 Å². The van der Waals surface area contributed by atoms with E-state index in [-0.39, 0.29) is 5.56 Å². The molecule has 0 saturated heterocycles. The number of H-pyrrole nitrogens is 1. The summed E-state index contributed by atoms with van der Waals surface area (Å²) >= 11 is 0. The van der Waals surface area contributed by atoms with E-state index in [0.717, 1.165) is 17.7 Å². The van der Waals surface area contributed by atoms with Crippen LogP contribution < -0.4 is 5.56 Å². The van der Waals surface area contributed by atoms with Crippen molar-refractivity contribution in [3.8, 4) is 11.4 Å². The maximum Gasteiger partial charge on any atom is 0.274 e. The van der Waals surface area contributed by atoms with Crippen LogP contribution in [-0.2, 0) is 6.54 Å². The Kier molecular flexibility index (Phi) is 4.65. The van der Waals surface area contributed by atoms with Gasteiger partial charge in [-0.25, -0.2) is 4.98 Å². The maximum atomic E-state index is 12.3. The molecule has 0 aliphatic heterocycles. The van der Waals surface area contributed by atoms with Gasteiger partial charge in [0.25, 0.3) is 11.3 Å². The molecule has 3 rings (SSSR count). The Balaban J connectivity index is 1.97. The van der Waals surface area contributed by atoms with Crippen molar-refractivity contribution in [3.63, 3.8) is 0 Å². The third-order valence-corrected chi connectivity index (χ3v) is 3.60. The Bertz CT molecular complexity index is 950. The minimum absolute atomic E-state index is 0.191. The van der Waals surface area contributed by atoms with Crippen LogP contribution in [0.2, 0.25) is 0 Å². The van der Waals surface area contributed by atoms with Gasteiger partial charge in [0.2, 0.25) is 0 Å². The number of allylic oxidation sites excluding steroid dienone is 2. The van der Waals surface area contributed by atoms with Crippen molar-refractivity contribution in [1.82, 2.24) is 19.6 Å². The lowest BCUT2D eigenvalue weighted by Crippen LogP contribution is -2.15. The van der Waals surface area contributed by atoms with Crippen molar-refractivity contribution in [2.45, 2.75) is 26.8 Å². The standard InChI is InChI=1S/C18H19N5O/c1-3-8-14(4-2)19-12-15-11-16(24)23-18(20-15)21-17(22-23)13-9-6-5-7-10-13/h3,5-11H,4,12H2,1-2H3,(H,20,21,22)/b8-3-,19-14?. The average molecular weight is 321 g/mol. The molecule has 122 valence electrons. The van der Waals surface area contributed by atoms with E-state index in [4.69, 9.17) is 0 Å². The first-order valence-corrected chi connectivity index (χ1v) is 7.91. The molecular weight excluding hydrogens is 302 g/mol. The van der Waals surface area contributed by atoms with Gasteiger partial charge in [-0.2, -0.15) is 9.50 Å². The highest BCUT2D eigenvalue weighted by Gasteiger charge is 2.09. The highest BCUT2D eigenvalue weighted by atomic mass is 16.1. The number of nitrogens with zero attached hydrogens (tertiary/aromatic N) is 4. The summed E-state index contributed by atoms with van der Waals surface area (Å²) in [5.41, 5.74) is 2.31. The molecule has 2 aromatic heterocycles. The highest BCUT2D eigenvalue weighted by Crippen LogP contribution is 2.14. The molecule has 1 N–H and O–H groups in total. The molecule has 0 aliphatic rings. The molecule has 1 aromatic carbocycles. The molecule has 3 aromatic rings. The SMILES string of the molecule is C/C=C\C(CC)=NCc1cc(=O)n2[nH]c(-c3ccccc3)nc2n1. The van der Waals surface area contributed by atoms with Crippen molar-refractivity contribution in [2.75, 3.05) is 0 Å². The van der Waals surface area contributed by atoms with E-state index < -0.39 is 0 Å². The van der Waals surface area contributed by atoms with E-state index in [2.05, 4.69) is 20.1 Å². The van der Waals surface area contributed by atoms with Gasteiger partial charge in [0, 0.05) is 17.3 Å². The first-order valence-electron chi connectivity index (χ1n) is 7.91. The molecule has 0 fully saturated rings. The zero-order valence-corrected chi connectivity index (χ0v) is 13.7. The number of nitrogens with one attached hydrogen (secondary N) is 1. The van der Waals surface area contributed by atoms with Crippen LogP contribution >= 0.6 is 0 Å². The second-order valence-electron chi connectivity index (χ2n) is 5.32. The summed E-state index contributed by atoms with van der Waals surface area (Å²) in [7, 11) is 0. The van der Waals surface area contributed by atoms with Crippen molar-refractivity contribution >= 4 is 11.5 Å². The van der Waals surface area contributed by atoms with Crippen molar-refractivity contribution in [1.29, 1.82) is 0 Å². The molecule has 0 radical (unpaired) electrons. The van der Waals surface area contributed by atoms with E-state index in [0.29, 0.717) is 23.8 Å². The molecule has 0 aliphatic carbocycles. The average Bonchev–Trinajstić information content (AvgIpc) is 3.04. The molecule has 2 heterocycles. The fourth-order valence-corrected chi connectivity index (χ4v) is 2.39. The Morgan fingerprint density at radius 3 is 2.79 bits per heavy atom. The lowest BCUT2D eigenvalue weighted by atomic mass is 10.2. The number of hydrogen-bond acceptors (Lipinski definition) is 4. The number of aliphatic imine (C=N–C) groups is 1. The van der Waals surface area contributed by atoms with Crippen LogP contribution in [0.4, 0.5) is 0 Å². The second-order valence-corrected chi connectivity index (χ2v) is 5.32. The Labute approximate surface area is 139 Å². The summed E-state index contributed by atoms with van der Waals surface area (Å²) in [5, 5.41) is 2.99. The number of aromatic nitrogens is 4. The van der Waals surface area contributed by atoms with Crippen LogP contribution in [-0.4, -0.2) is 25.3 Å². The molecule has 0 bridgehead atoms. The number of benzene rings is 1. The Morgan fingerprint density at radius 1 is 1.29 bits per heavy atom. The van der Waals surface area contributed by atoms with Crippen LogP contribution in [0.1, 0.15) is 26.0 Å². The molecule has 0 amide bonds. The van der Waals surface area contributed by atoms with Crippen LogP contribution in [0, 0.1) is 0 Å². The largest absolute Gasteiger partial charge is 0.283 e. The third kappa shape index (κ3) is 3.32. The molecule has 6 nitrogen and oxygen atoms in total. The van der Waals surface area contributed by atoms with Crippen LogP contribution in [0.3, 0.4) is 0 Å². The fourth-order valence-electron chi connectivity index (χ4n) is 2.39. The number of aromatic amines is 1. The summed E-state index contributed by atoms with van der Waals surface area (Å²) in [6.07, 6.45) is 4.76. The first kappa shape index (κ1) is 15.9. The van der Waals surface area contributed by atoms with Crippen molar-refractivity contribution in [2.24, 2.45) is 4.99 Å². The minimum Gasteiger partial charge on any atom is -0.283 e. The van der Waals surface area contributed by atoms with Gasteiger partial charge in [0.15, 0.2) is 5.82 Å². The maximum absolute atomic E-state index is 12.3. The van der Waals surface area contributed by atoms with Gasteiger partial charge in [-0.3, -0.25) is 14.9 Å². The zero-order chi connectivity index (χ0) is 16.9. The molecule has 6 heteroatoms. The van der Waals surface area contributed by atoms with E-state index in [1.165, 1.54) is 10.6 Å². The van der Waals surface area contributed by atoms with E-state index >= 15 is 0 Å². The lowest BCUT2D eigenvalue weighted by Gasteiger charge is -1.99. The molecule has 0 saturated carbocycles. The highest BCUT2D eigenvalue weighted by molar-refractivity contribution is 5.94. The quantitative estimate of drug-likeness (QED) is 0.734.